The van der Waals surface area contributed by atoms with Crippen molar-refractivity contribution in [1.29, 1.82) is 0 Å². The van der Waals surface area contributed by atoms with Gasteiger partial charge in [0.25, 0.3) is 0 Å². The van der Waals surface area contributed by atoms with E-state index < -0.39 is 6.10 Å². The summed E-state index contributed by atoms with van der Waals surface area (Å²) in [6, 6.07) is 11.6. The number of hydrogen-bond donors (Lipinski definition) is 1. The van der Waals surface area contributed by atoms with E-state index >= 15 is 0 Å². The van der Waals surface area contributed by atoms with Gasteiger partial charge in [-0.1, -0.05) is 23.2 Å². The van der Waals surface area contributed by atoms with Crippen molar-refractivity contribution in [2.24, 2.45) is 0 Å². The van der Waals surface area contributed by atoms with Crippen LogP contribution in [-0.4, -0.2) is 41.3 Å². The van der Waals surface area contributed by atoms with Crippen LogP contribution in [0, 0.1) is 0 Å². The van der Waals surface area contributed by atoms with Crippen LogP contribution >= 0.6 is 23.2 Å². The van der Waals surface area contributed by atoms with E-state index in [9.17, 15) is 5.11 Å². The Balaban J connectivity index is 2.18. The first-order chi connectivity index (χ1) is 10.5. The molecule has 116 valence electrons. The van der Waals surface area contributed by atoms with Gasteiger partial charge in [0.2, 0.25) is 0 Å². The number of aliphatic hydroxyl groups excluding tert-OH is 1. The minimum Gasteiger partial charge on any atom is -0.390 e. The second-order valence-electron chi connectivity index (χ2n) is 5.85. The molecule has 0 saturated carbocycles. The molecular formula is C17H18Cl2N2O. The average molecular weight is 337 g/mol. The number of halogens is 2. The molecule has 0 aliphatic heterocycles. The van der Waals surface area contributed by atoms with E-state index in [0.717, 1.165) is 21.8 Å². The van der Waals surface area contributed by atoms with Crippen LogP contribution in [0.15, 0.2) is 36.4 Å². The molecule has 0 fully saturated rings. The van der Waals surface area contributed by atoms with Gasteiger partial charge >= 0.3 is 0 Å². The quantitative estimate of drug-likeness (QED) is 0.779. The molecule has 5 heteroatoms. The van der Waals surface area contributed by atoms with Crippen LogP contribution in [0.3, 0.4) is 0 Å². The van der Waals surface area contributed by atoms with E-state index in [0.29, 0.717) is 23.1 Å². The summed E-state index contributed by atoms with van der Waals surface area (Å²) < 4.78 is 2.13. The van der Waals surface area contributed by atoms with Crippen molar-refractivity contribution in [2.75, 3.05) is 20.6 Å². The Bertz CT molecular complexity index is 767. The topological polar surface area (TPSA) is 28.4 Å². The summed E-state index contributed by atoms with van der Waals surface area (Å²) in [6.07, 6.45) is -0.444. The van der Waals surface area contributed by atoms with E-state index in [2.05, 4.69) is 4.57 Å². The van der Waals surface area contributed by atoms with Crippen LogP contribution in [0.5, 0.6) is 0 Å². The third-order valence-corrected chi connectivity index (χ3v) is 4.23. The van der Waals surface area contributed by atoms with Gasteiger partial charge in [-0.05, 0) is 50.5 Å². The van der Waals surface area contributed by atoms with Crippen molar-refractivity contribution in [3.8, 4) is 0 Å². The van der Waals surface area contributed by atoms with Crippen molar-refractivity contribution < 1.29 is 5.11 Å². The summed E-state index contributed by atoms with van der Waals surface area (Å²) in [4.78, 5) is 1.98. The summed E-state index contributed by atoms with van der Waals surface area (Å²) in [7, 11) is 3.91. The van der Waals surface area contributed by atoms with E-state index in [4.69, 9.17) is 23.2 Å². The smallest absolute Gasteiger partial charge is 0.0845 e. The summed E-state index contributed by atoms with van der Waals surface area (Å²) in [5, 5.41) is 13.8. The molecule has 1 atom stereocenters. The summed E-state index contributed by atoms with van der Waals surface area (Å²) in [5.41, 5.74) is 2.11. The minimum absolute atomic E-state index is 0.444. The van der Waals surface area contributed by atoms with Gasteiger partial charge in [-0.15, -0.1) is 0 Å². The fourth-order valence-electron chi connectivity index (χ4n) is 2.94. The fourth-order valence-corrected chi connectivity index (χ4v) is 3.28. The predicted molar refractivity (Wildman–Crippen MR) is 94.0 cm³/mol. The number of aromatic nitrogens is 1. The molecule has 0 unspecified atom stereocenters. The Morgan fingerprint density at radius 2 is 1.50 bits per heavy atom. The van der Waals surface area contributed by atoms with Crippen LogP contribution in [-0.2, 0) is 6.54 Å². The molecule has 0 aliphatic carbocycles. The standard InChI is InChI=1S/C17H18Cl2N2O/c1-20(2)9-13(22)10-21-16-5-3-11(18)7-14(16)15-8-12(19)4-6-17(15)21/h3-8,13,22H,9-10H2,1-2H3/t13-/m0/s1. The normalized spacial score (nSPS) is 13.4. The zero-order chi connectivity index (χ0) is 15.9. The Labute approximate surface area is 139 Å². The second kappa shape index (κ2) is 6.09. The molecule has 0 bridgehead atoms. The first-order valence-electron chi connectivity index (χ1n) is 7.15. The van der Waals surface area contributed by atoms with Crippen LogP contribution in [0.25, 0.3) is 21.8 Å². The van der Waals surface area contributed by atoms with Gasteiger partial charge < -0.3 is 14.6 Å². The molecule has 0 spiro atoms. The molecule has 2 aromatic carbocycles. The van der Waals surface area contributed by atoms with Gasteiger partial charge in [0.15, 0.2) is 0 Å². The van der Waals surface area contributed by atoms with Crippen molar-refractivity contribution in [3.05, 3.63) is 46.4 Å². The predicted octanol–water partition coefficient (Wildman–Crippen LogP) is 4.02. The monoisotopic (exact) mass is 336 g/mol. The molecular weight excluding hydrogens is 319 g/mol. The maximum Gasteiger partial charge on any atom is 0.0845 e. The van der Waals surface area contributed by atoms with E-state index in [1.165, 1.54) is 0 Å². The molecule has 1 heterocycles. The first kappa shape index (κ1) is 15.6. The lowest BCUT2D eigenvalue weighted by molar-refractivity contribution is 0.122. The highest BCUT2D eigenvalue weighted by atomic mass is 35.5. The van der Waals surface area contributed by atoms with E-state index in [1.54, 1.807) is 0 Å². The molecule has 0 saturated heterocycles. The lowest BCUT2D eigenvalue weighted by atomic mass is 10.1. The Morgan fingerprint density at radius 1 is 1.00 bits per heavy atom. The Hall–Kier alpha value is -1.26. The molecule has 0 radical (unpaired) electrons. The molecule has 22 heavy (non-hydrogen) atoms. The lowest BCUT2D eigenvalue weighted by Crippen LogP contribution is -2.29. The highest BCUT2D eigenvalue weighted by molar-refractivity contribution is 6.33. The van der Waals surface area contributed by atoms with E-state index in [-0.39, 0.29) is 0 Å². The van der Waals surface area contributed by atoms with Crippen LogP contribution in [0.4, 0.5) is 0 Å². The van der Waals surface area contributed by atoms with E-state index in [1.807, 2.05) is 55.4 Å². The van der Waals surface area contributed by atoms with Crippen molar-refractivity contribution >= 4 is 45.0 Å². The number of nitrogens with zero attached hydrogens (tertiary/aromatic N) is 2. The highest BCUT2D eigenvalue weighted by Crippen LogP contribution is 2.32. The Kier molecular flexibility index (Phi) is 4.33. The maximum absolute atomic E-state index is 10.3. The van der Waals surface area contributed by atoms with Gasteiger partial charge in [-0.25, -0.2) is 0 Å². The van der Waals surface area contributed by atoms with Crippen LogP contribution in [0.2, 0.25) is 10.0 Å². The first-order valence-corrected chi connectivity index (χ1v) is 7.91. The minimum atomic E-state index is -0.444. The summed E-state index contributed by atoms with van der Waals surface area (Å²) in [5.74, 6) is 0. The Morgan fingerprint density at radius 3 is 1.95 bits per heavy atom. The highest BCUT2D eigenvalue weighted by Gasteiger charge is 2.15. The molecule has 3 aromatic rings. The zero-order valence-electron chi connectivity index (χ0n) is 12.6. The van der Waals surface area contributed by atoms with Gasteiger partial charge in [0, 0.05) is 38.4 Å². The molecule has 0 amide bonds. The van der Waals surface area contributed by atoms with Crippen LogP contribution in [0.1, 0.15) is 0 Å². The summed E-state index contributed by atoms with van der Waals surface area (Å²) >= 11 is 12.3. The molecule has 0 aliphatic rings. The number of hydrogen-bond acceptors (Lipinski definition) is 2. The van der Waals surface area contributed by atoms with Crippen molar-refractivity contribution in [1.82, 2.24) is 9.47 Å². The molecule has 3 nitrogen and oxygen atoms in total. The third-order valence-electron chi connectivity index (χ3n) is 3.76. The largest absolute Gasteiger partial charge is 0.390 e. The number of benzene rings is 2. The average Bonchev–Trinajstić information content (AvgIpc) is 2.71. The number of likely N-dealkylation sites (N-methyl/N-ethyl adjacent to an activating group) is 1. The maximum atomic E-state index is 10.3. The van der Waals surface area contributed by atoms with Crippen molar-refractivity contribution in [2.45, 2.75) is 12.6 Å². The number of fused-ring (bicyclic) bond motifs is 3. The summed E-state index contributed by atoms with van der Waals surface area (Å²) in [6.45, 7) is 1.14. The lowest BCUT2D eigenvalue weighted by Gasteiger charge is -2.18. The van der Waals surface area contributed by atoms with Gasteiger partial charge in [-0.2, -0.15) is 0 Å². The van der Waals surface area contributed by atoms with Crippen LogP contribution < -0.4 is 0 Å². The number of aliphatic hydroxyl groups is 1. The SMILES string of the molecule is CN(C)C[C@H](O)Cn1c2ccc(Cl)cc2c2cc(Cl)ccc21. The molecule has 3 rings (SSSR count). The second-order valence-corrected chi connectivity index (χ2v) is 6.72. The van der Waals surface area contributed by atoms with Gasteiger partial charge in [0.05, 0.1) is 12.6 Å². The zero-order valence-corrected chi connectivity index (χ0v) is 14.1. The number of rotatable bonds is 4. The van der Waals surface area contributed by atoms with Gasteiger partial charge in [0.1, 0.15) is 0 Å². The fraction of sp³-hybridized carbons (Fsp3) is 0.294. The van der Waals surface area contributed by atoms with Gasteiger partial charge in [-0.3, -0.25) is 0 Å². The third kappa shape index (κ3) is 2.95. The van der Waals surface area contributed by atoms with Crippen molar-refractivity contribution in [3.63, 3.8) is 0 Å². The molecule has 1 N–H and O–H groups in total. The molecule has 1 aromatic heterocycles.